The number of amides is 2. The molecule has 1 saturated carbocycles. The monoisotopic (exact) mass is 442 g/mol. The molecule has 0 radical (unpaired) electrons. The lowest BCUT2D eigenvalue weighted by molar-refractivity contribution is -0.178. The van der Waals surface area contributed by atoms with Gasteiger partial charge in [0.2, 0.25) is 0 Å². The van der Waals surface area contributed by atoms with Gasteiger partial charge < -0.3 is 19.3 Å². The smallest absolute Gasteiger partial charge is 0.253 e. The fourth-order valence-corrected chi connectivity index (χ4v) is 5.31. The molecule has 1 aromatic heterocycles. The highest BCUT2D eigenvalue weighted by molar-refractivity contribution is 5.82. The Morgan fingerprint density at radius 2 is 2.09 bits per heavy atom. The van der Waals surface area contributed by atoms with Crippen molar-refractivity contribution in [3.63, 3.8) is 0 Å². The van der Waals surface area contributed by atoms with Gasteiger partial charge in [-0.3, -0.25) is 19.5 Å². The Balaban J connectivity index is 1.27. The first-order valence-corrected chi connectivity index (χ1v) is 12.0. The predicted molar refractivity (Wildman–Crippen MR) is 118 cm³/mol. The minimum Gasteiger partial charge on any atom is -0.368 e. The number of pyridine rings is 1. The molecule has 0 N–H and O–H groups in total. The third-order valence-electron chi connectivity index (χ3n) is 7.15. The number of likely N-dealkylation sites (N-methyl/N-ethyl adjacent to an activating group) is 1. The Morgan fingerprint density at radius 3 is 2.81 bits per heavy atom. The molecule has 3 aliphatic heterocycles. The number of likely N-dealkylation sites (tertiary alicyclic amines) is 1. The SMILES string of the molecule is CN(Cc1ccccn1)C(=O)C1CN(CC2CC2)CC2(CCN(C(=O)C3CCCO3)C2)O1. The van der Waals surface area contributed by atoms with Crippen LogP contribution in [0.2, 0.25) is 0 Å². The van der Waals surface area contributed by atoms with Crippen molar-refractivity contribution in [2.24, 2.45) is 5.92 Å². The van der Waals surface area contributed by atoms with Crippen LogP contribution in [0.15, 0.2) is 24.4 Å². The molecule has 8 nitrogen and oxygen atoms in total. The van der Waals surface area contributed by atoms with Crippen molar-refractivity contribution in [1.29, 1.82) is 0 Å². The molecular weight excluding hydrogens is 408 g/mol. The van der Waals surface area contributed by atoms with Crippen molar-refractivity contribution in [2.45, 2.75) is 56.5 Å². The maximum Gasteiger partial charge on any atom is 0.253 e. The Morgan fingerprint density at radius 1 is 1.22 bits per heavy atom. The second-order valence-electron chi connectivity index (χ2n) is 9.95. The summed E-state index contributed by atoms with van der Waals surface area (Å²) >= 11 is 0. The first-order valence-electron chi connectivity index (χ1n) is 12.0. The molecule has 3 saturated heterocycles. The van der Waals surface area contributed by atoms with Crippen LogP contribution in [-0.4, -0.2) is 95.7 Å². The van der Waals surface area contributed by atoms with E-state index < -0.39 is 11.7 Å². The zero-order valence-corrected chi connectivity index (χ0v) is 18.9. The molecule has 4 aliphatic rings. The van der Waals surface area contributed by atoms with Crippen molar-refractivity contribution in [1.82, 2.24) is 19.7 Å². The number of carbonyl (C=O) groups excluding carboxylic acids is 2. The summed E-state index contributed by atoms with van der Waals surface area (Å²) in [5.74, 6) is 0.801. The molecule has 174 valence electrons. The van der Waals surface area contributed by atoms with E-state index in [0.29, 0.717) is 32.8 Å². The Kier molecular flexibility index (Phi) is 6.18. The molecule has 0 bridgehead atoms. The highest BCUT2D eigenvalue weighted by atomic mass is 16.5. The normalized spacial score (nSPS) is 30.7. The van der Waals surface area contributed by atoms with Gasteiger partial charge in [0.05, 0.1) is 18.8 Å². The first-order chi connectivity index (χ1) is 15.5. The van der Waals surface area contributed by atoms with E-state index in [9.17, 15) is 9.59 Å². The molecule has 1 spiro atoms. The minimum atomic E-state index is -0.519. The Hall–Kier alpha value is -2.03. The van der Waals surface area contributed by atoms with Crippen molar-refractivity contribution < 1.29 is 19.1 Å². The highest BCUT2D eigenvalue weighted by Crippen LogP contribution is 2.36. The summed E-state index contributed by atoms with van der Waals surface area (Å²) in [4.78, 5) is 36.6. The zero-order valence-electron chi connectivity index (χ0n) is 18.9. The van der Waals surface area contributed by atoms with Crippen LogP contribution in [0.4, 0.5) is 0 Å². The predicted octanol–water partition coefficient (Wildman–Crippen LogP) is 1.30. The average Bonchev–Trinajstić information content (AvgIpc) is 3.27. The molecule has 0 aromatic carbocycles. The number of morpholine rings is 1. The van der Waals surface area contributed by atoms with E-state index in [0.717, 1.165) is 44.0 Å². The molecule has 3 atom stereocenters. The number of nitrogens with zero attached hydrogens (tertiary/aromatic N) is 4. The molecule has 8 heteroatoms. The largest absolute Gasteiger partial charge is 0.368 e. The second-order valence-corrected chi connectivity index (χ2v) is 9.95. The quantitative estimate of drug-likeness (QED) is 0.661. The van der Waals surface area contributed by atoms with Gasteiger partial charge in [0.1, 0.15) is 17.8 Å². The van der Waals surface area contributed by atoms with E-state index >= 15 is 0 Å². The lowest BCUT2D eigenvalue weighted by Crippen LogP contribution is -2.61. The summed E-state index contributed by atoms with van der Waals surface area (Å²) in [5, 5.41) is 0. The van der Waals surface area contributed by atoms with Gasteiger partial charge in [-0.05, 0) is 50.2 Å². The summed E-state index contributed by atoms with van der Waals surface area (Å²) in [5.41, 5.74) is 0.381. The van der Waals surface area contributed by atoms with Gasteiger partial charge in [-0.2, -0.15) is 0 Å². The molecular formula is C24H34N4O4. The molecule has 5 rings (SSSR count). The van der Waals surface area contributed by atoms with Gasteiger partial charge in [0.25, 0.3) is 11.8 Å². The molecule has 1 aliphatic carbocycles. The molecule has 32 heavy (non-hydrogen) atoms. The van der Waals surface area contributed by atoms with Gasteiger partial charge in [-0.25, -0.2) is 0 Å². The molecule has 4 fully saturated rings. The van der Waals surface area contributed by atoms with Crippen LogP contribution in [0.25, 0.3) is 0 Å². The number of rotatable bonds is 6. The van der Waals surface area contributed by atoms with Crippen LogP contribution in [0.1, 0.15) is 37.8 Å². The third-order valence-corrected chi connectivity index (χ3v) is 7.15. The maximum atomic E-state index is 13.4. The van der Waals surface area contributed by atoms with Crippen molar-refractivity contribution in [2.75, 3.05) is 46.4 Å². The fraction of sp³-hybridized carbons (Fsp3) is 0.708. The van der Waals surface area contributed by atoms with Gasteiger partial charge in [-0.1, -0.05) is 6.07 Å². The van der Waals surface area contributed by atoms with E-state index in [4.69, 9.17) is 9.47 Å². The Labute approximate surface area is 189 Å². The topological polar surface area (TPSA) is 75.2 Å². The maximum absolute atomic E-state index is 13.4. The van der Waals surface area contributed by atoms with Crippen molar-refractivity contribution in [3.8, 4) is 0 Å². The fourth-order valence-electron chi connectivity index (χ4n) is 5.31. The summed E-state index contributed by atoms with van der Waals surface area (Å²) in [6.07, 6.45) is 5.97. The number of ether oxygens (including phenoxy) is 2. The highest BCUT2D eigenvalue weighted by Gasteiger charge is 2.50. The van der Waals surface area contributed by atoms with Gasteiger partial charge in [-0.15, -0.1) is 0 Å². The van der Waals surface area contributed by atoms with E-state index in [2.05, 4.69) is 9.88 Å². The van der Waals surface area contributed by atoms with Crippen LogP contribution >= 0.6 is 0 Å². The number of aromatic nitrogens is 1. The van der Waals surface area contributed by atoms with Gasteiger partial charge >= 0.3 is 0 Å². The van der Waals surface area contributed by atoms with Crippen LogP contribution in [-0.2, 0) is 25.6 Å². The first kappa shape index (κ1) is 21.8. The second kappa shape index (κ2) is 9.08. The van der Waals surface area contributed by atoms with Crippen molar-refractivity contribution in [3.05, 3.63) is 30.1 Å². The van der Waals surface area contributed by atoms with Crippen LogP contribution in [0.5, 0.6) is 0 Å². The molecule has 4 heterocycles. The number of hydrogen-bond acceptors (Lipinski definition) is 6. The van der Waals surface area contributed by atoms with Crippen molar-refractivity contribution >= 4 is 11.8 Å². The average molecular weight is 443 g/mol. The molecule has 3 unspecified atom stereocenters. The van der Waals surface area contributed by atoms with Crippen LogP contribution in [0.3, 0.4) is 0 Å². The van der Waals surface area contributed by atoms with Gasteiger partial charge in [0, 0.05) is 46.0 Å². The molecule has 2 amide bonds. The molecule has 1 aromatic rings. The lowest BCUT2D eigenvalue weighted by Gasteiger charge is -2.44. The summed E-state index contributed by atoms with van der Waals surface area (Å²) in [7, 11) is 1.81. The van der Waals surface area contributed by atoms with E-state index in [1.807, 2.05) is 30.1 Å². The Bertz CT molecular complexity index is 827. The summed E-state index contributed by atoms with van der Waals surface area (Å²) in [6.45, 7) is 4.74. The summed E-state index contributed by atoms with van der Waals surface area (Å²) < 4.78 is 12.2. The number of carbonyl (C=O) groups is 2. The standard InChI is InChI=1S/C24H34N4O4/c1-26(14-19-5-2-3-10-25-19)22(29)21-15-27(13-18-7-8-18)16-24(32-21)9-11-28(17-24)23(30)20-6-4-12-31-20/h2-3,5,10,18,20-21H,4,6-9,11-17H2,1H3. The summed E-state index contributed by atoms with van der Waals surface area (Å²) in [6, 6.07) is 5.74. The lowest BCUT2D eigenvalue weighted by atomic mass is 9.98. The van der Waals surface area contributed by atoms with E-state index in [-0.39, 0.29) is 17.9 Å². The van der Waals surface area contributed by atoms with Crippen LogP contribution < -0.4 is 0 Å². The zero-order chi connectivity index (χ0) is 22.1. The van der Waals surface area contributed by atoms with Gasteiger partial charge in [0.15, 0.2) is 0 Å². The van der Waals surface area contributed by atoms with Crippen LogP contribution in [0, 0.1) is 5.92 Å². The van der Waals surface area contributed by atoms with E-state index in [1.54, 1.807) is 11.1 Å². The number of hydrogen-bond donors (Lipinski definition) is 0. The minimum absolute atomic E-state index is 0.0144. The third kappa shape index (κ3) is 4.82. The van der Waals surface area contributed by atoms with E-state index in [1.165, 1.54) is 12.8 Å².